The van der Waals surface area contributed by atoms with Crippen LogP contribution in [0.2, 0.25) is 0 Å². The molecule has 0 bridgehead atoms. The summed E-state index contributed by atoms with van der Waals surface area (Å²) in [4.78, 5) is 10.7. The van der Waals surface area contributed by atoms with Crippen molar-refractivity contribution in [1.82, 2.24) is 5.32 Å². The summed E-state index contributed by atoms with van der Waals surface area (Å²) in [5.74, 6) is -3.38. The SMILES string of the molecule is COC(=O)NCC1CCCCC1(F)F. The zero-order chi connectivity index (χ0) is 10.6. The highest BCUT2D eigenvalue weighted by atomic mass is 19.3. The van der Waals surface area contributed by atoms with Crippen LogP contribution < -0.4 is 5.32 Å². The summed E-state index contributed by atoms with van der Waals surface area (Å²) in [5.41, 5.74) is 0. The van der Waals surface area contributed by atoms with Crippen LogP contribution in [0.4, 0.5) is 13.6 Å². The lowest BCUT2D eigenvalue weighted by Gasteiger charge is -2.31. The van der Waals surface area contributed by atoms with Crippen molar-refractivity contribution in [3.05, 3.63) is 0 Å². The number of ether oxygens (including phenoxy) is 1. The maximum Gasteiger partial charge on any atom is 0.406 e. The van der Waals surface area contributed by atoms with Crippen LogP contribution in [0.25, 0.3) is 0 Å². The topological polar surface area (TPSA) is 38.3 Å². The zero-order valence-corrected chi connectivity index (χ0v) is 8.19. The number of hydrogen-bond donors (Lipinski definition) is 1. The number of carbonyl (C=O) groups excluding carboxylic acids is 1. The van der Waals surface area contributed by atoms with Gasteiger partial charge in [0.05, 0.1) is 7.11 Å². The van der Waals surface area contributed by atoms with Gasteiger partial charge in [0.15, 0.2) is 0 Å². The normalized spacial score (nSPS) is 25.5. The van der Waals surface area contributed by atoms with Crippen molar-refractivity contribution in [2.24, 2.45) is 5.92 Å². The van der Waals surface area contributed by atoms with Gasteiger partial charge >= 0.3 is 6.09 Å². The molecule has 1 aliphatic carbocycles. The van der Waals surface area contributed by atoms with E-state index in [0.29, 0.717) is 12.8 Å². The van der Waals surface area contributed by atoms with E-state index in [2.05, 4.69) is 10.1 Å². The van der Waals surface area contributed by atoms with E-state index in [9.17, 15) is 13.6 Å². The molecule has 0 aromatic carbocycles. The van der Waals surface area contributed by atoms with Crippen LogP contribution >= 0.6 is 0 Å². The van der Waals surface area contributed by atoms with E-state index >= 15 is 0 Å². The van der Waals surface area contributed by atoms with Gasteiger partial charge in [-0.05, 0) is 12.8 Å². The van der Waals surface area contributed by atoms with Gasteiger partial charge in [0.1, 0.15) is 0 Å². The molecule has 82 valence electrons. The fraction of sp³-hybridized carbons (Fsp3) is 0.889. The van der Waals surface area contributed by atoms with Crippen LogP contribution in [-0.2, 0) is 4.74 Å². The molecule has 14 heavy (non-hydrogen) atoms. The van der Waals surface area contributed by atoms with E-state index in [4.69, 9.17) is 0 Å². The Morgan fingerprint density at radius 3 is 2.86 bits per heavy atom. The van der Waals surface area contributed by atoms with Crippen molar-refractivity contribution in [3.63, 3.8) is 0 Å². The Bertz CT molecular complexity index is 209. The minimum Gasteiger partial charge on any atom is -0.453 e. The second-order valence-electron chi connectivity index (χ2n) is 3.58. The summed E-state index contributed by atoms with van der Waals surface area (Å²) in [6.45, 7) is -0.000324. The Kier molecular flexibility index (Phi) is 3.66. The number of hydrogen-bond acceptors (Lipinski definition) is 2. The lowest BCUT2D eigenvalue weighted by Crippen LogP contribution is -2.40. The maximum absolute atomic E-state index is 13.2. The van der Waals surface area contributed by atoms with E-state index in [1.807, 2.05) is 0 Å². The van der Waals surface area contributed by atoms with Crippen molar-refractivity contribution < 1.29 is 18.3 Å². The van der Waals surface area contributed by atoms with Crippen molar-refractivity contribution in [2.75, 3.05) is 13.7 Å². The van der Waals surface area contributed by atoms with Crippen molar-refractivity contribution >= 4 is 6.09 Å². The summed E-state index contributed by atoms with van der Waals surface area (Å²) in [5, 5.41) is 2.32. The number of halogens is 2. The highest BCUT2D eigenvalue weighted by Crippen LogP contribution is 2.37. The average Bonchev–Trinajstić information content (AvgIpc) is 2.15. The molecule has 1 N–H and O–H groups in total. The molecule has 0 aromatic heterocycles. The number of alkyl carbamates (subject to hydrolysis) is 1. The van der Waals surface area contributed by atoms with E-state index in [0.717, 1.165) is 6.42 Å². The largest absolute Gasteiger partial charge is 0.453 e. The quantitative estimate of drug-likeness (QED) is 0.753. The van der Waals surface area contributed by atoms with Crippen LogP contribution in [0.3, 0.4) is 0 Å². The van der Waals surface area contributed by atoms with Gasteiger partial charge in [0, 0.05) is 18.9 Å². The van der Waals surface area contributed by atoms with Gasteiger partial charge in [0.2, 0.25) is 0 Å². The smallest absolute Gasteiger partial charge is 0.406 e. The number of alkyl halides is 2. The summed E-state index contributed by atoms with van der Waals surface area (Å²) in [6.07, 6.45) is 1.13. The molecular weight excluding hydrogens is 192 g/mol. The summed E-state index contributed by atoms with van der Waals surface area (Å²) in [6, 6.07) is 0. The molecule has 0 aliphatic heterocycles. The third-order valence-corrected chi connectivity index (χ3v) is 2.59. The molecule has 0 heterocycles. The van der Waals surface area contributed by atoms with E-state index in [-0.39, 0.29) is 13.0 Å². The molecule has 0 aromatic rings. The second kappa shape index (κ2) is 4.57. The molecule has 1 amide bonds. The molecular formula is C9H15F2NO2. The third-order valence-electron chi connectivity index (χ3n) is 2.59. The van der Waals surface area contributed by atoms with Crippen LogP contribution in [0.1, 0.15) is 25.7 Å². The predicted octanol–water partition coefficient (Wildman–Crippen LogP) is 2.17. The van der Waals surface area contributed by atoms with E-state index < -0.39 is 17.9 Å². The number of rotatable bonds is 2. The molecule has 1 atom stereocenters. The van der Waals surface area contributed by atoms with Gasteiger partial charge in [-0.2, -0.15) is 0 Å². The Balaban J connectivity index is 2.38. The minimum atomic E-state index is -2.64. The van der Waals surface area contributed by atoms with E-state index in [1.54, 1.807) is 0 Å². The molecule has 1 saturated carbocycles. The van der Waals surface area contributed by atoms with Crippen LogP contribution in [0, 0.1) is 5.92 Å². The van der Waals surface area contributed by atoms with Crippen molar-refractivity contribution in [1.29, 1.82) is 0 Å². The van der Waals surface area contributed by atoms with Crippen LogP contribution in [-0.4, -0.2) is 25.7 Å². The maximum atomic E-state index is 13.2. The minimum absolute atomic E-state index is 0.000324. The molecule has 1 rings (SSSR count). The average molecular weight is 207 g/mol. The molecule has 0 spiro atoms. The lowest BCUT2D eigenvalue weighted by molar-refractivity contribution is -0.0837. The molecule has 3 nitrogen and oxygen atoms in total. The highest BCUT2D eigenvalue weighted by Gasteiger charge is 2.41. The van der Waals surface area contributed by atoms with Crippen molar-refractivity contribution in [2.45, 2.75) is 31.6 Å². The van der Waals surface area contributed by atoms with Gasteiger partial charge in [0.25, 0.3) is 5.92 Å². The monoisotopic (exact) mass is 207 g/mol. The zero-order valence-electron chi connectivity index (χ0n) is 8.19. The summed E-state index contributed by atoms with van der Waals surface area (Å²) >= 11 is 0. The fourth-order valence-corrected chi connectivity index (χ4v) is 1.70. The van der Waals surface area contributed by atoms with Gasteiger partial charge in [-0.1, -0.05) is 6.42 Å². The lowest BCUT2D eigenvalue weighted by atomic mass is 9.85. The fourth-order valence-electron chi connectivity index (χ4n) is 1.70. The van der Waals surface area contributed by atoms with Gasteiger partial charge < -0.3 is 10.1 Å². The first-order valence-electron chi connectivity index (χ1n) is 4.76. The van der Waals surface area contributed by atoms with Gasteiger partial charge in [-0.15, -0.1) is 0 Å². The number of methoxy groups -OCH3 is 1. The van der Waals surface area contributed by atoms with E-state index in [1.165, 1.54) is 7.11 Å². The first kappa shape index (κ1) is 11.2. The Morgan fingerprint density at radius 1 is 1.57 bits per heavy atom. The molecule has 1 fully saturated rings. The molecule has 0 saturated heterocycles. The Morgan fingerprint density at radius 2 is 2.29 bits per heavy atom. The molecule has 0 radical (unpaired) electrons. The highest BCUT2D eigenvalue weighted by molar-refractivity contribution is 5.66. The van der Waals surface area contributed by atoms with Crippen LogP contribution in [0.5, 0.6) is 0 Å². The third kappa shape index (κ3) is 2.82. The number of carbonyl (C=O) groups is 1. The van der Waals surface area contributed by atoms with Gasteiger partial charge in [-0.3, -0.25) is 0 Å². The first-order valence-corrected chi connectivity index (χ1v) is 4.76. The number of nitrogens with one attached hydrogen (secondary N) is 1. The Labute approximate surface area is 81.8 Å². The van der Waals surface area contributed by atoms with Crippen LogP contribution in [0.15, 0.2) is 0 Å². The number of amides is 1. The van der Waals surface area contributed by atoms with Gasteiger partial charge in [-0.25, -0.2) is 13.6 Å². The second-order valence-corrected chi connectivity index (χ2v) is 3.58. The predicted molar refractivity (Wildman–Crippen MR) is 47.3 cm³/mol. The molecule has 1 aliphatic rings. The molecule has 5 heteroatoms. The standard InChI is InChI=1S/C9H15F2NO2/c1-14-8(13)12-6-7-4-2-3-5-9(7,10)11/h7H,2-6H2,1H3,(H,12,13). The first-order chi connectivity index (χ1) is 6.56. The Hall–Kier alpha value is -0.870. The summed E-state index contributed by atoms with van der Waals surface area (Å²) < 4.78 is 30.8. The van der Waals surface area contributed by atoms with Crippen molar-refractivity contribution in [3.8, 4) is 0 Å². The molecule has 1 unspecified atom stereocenters. The summed E-state index contributed by atoms with van der Waals surface area (Å²) in [7, 11) is 1.22.